The van der Waals surface area contributed by atoms with E-state index in [1.54, 1.807) is 36.4 Å². The first-order chi connectivity index (χ1) is 20.3. The first kappa shape index (κ1) is 32.4. The minimum Gasteiger partial charge on any atom is -0.493 e. The number of benzene rings is 3. The van der Waals surface area contributed by atoms with Crippen molar-refractivity contribution >= 4 is 0 Å². The van der Waals surface area contributed by atoms with Gasteiger partial charge in [-0.2, -0.15) is 18.1 Å². The molecule has 0 aromatic heterocycles. The lowest BCUT2D eigenvalue weighted by Crippen LogP contribution is -2.08. The third kappa shape index (κ3) is 12.2. The van der Waals surface area contributed by atoms with E-state index in [2.05, 4.69) is 13.2 Å². The van der Waals surface area contributed by atoms with Gasteiger partial charge in [0.05, 0.1) is 6.61 Å². The van der Waals surface area contributed by atoms with Crippen molar-refractivity contribution < 1.29 is 47.3 Å². The van der Waals surface area contributed by atoms with E-state index in [0.29, 0.717) is 48.9 Å². The van der Waals surface area contributed by atoms with Crippen LogP contribution < -0.4 is 19.2 Å². The smallest absolute Gasteiger partial charge is 0.389 e. The molecular formula is C32H35F3O7. The van der Waals surface area contributed by atoms with Crippen LogP contribution in [0.4, 0.5) is 13.2 Å². The predicted octanol–water partition coefficient (Wildman–Crippen LogP) is 7.79. The number of hydrogen-bond donors (Lipinski definition) is 1. The van der Waals surface area contributed by atoms with Crippen molar-refractivity contribution in [2.75, 3.05) is 26.4 Å². The van der Waals surface area contributed by atoms with Crippen LogP contribution in [0, 0.1) is 0 Å². The normalized spacial score (nSPS) is 11.0. The summed E-state index contributed by atoms with van der Waals surface area (Å²) in [5.41, 5.74) is 2.67. The lowest BCUT2D eigenvalue weighted by molar-refractivity contribution is -0.268. The molecule has 0 aliphatic rings. The van der Waals surface area contributed by atoms with E-state index in [9.17, 15) is 13.2 Å². The van der Waals surface area contributed by atoms with Gasteiger partial charge < -0.3 is 19.5 Å². The predicted molar refractivity (Wildman–Crippen MR) is 152 cm³/mol. The molecule has 0 aliphatic heterocycles. The van der Waals surface area contributed by atoms with Gasteiger partial charge in [0, 0.05) is 12.5 Å². The van der Waals surface area contributed by atoms with Gasteiger partial charge in [-0.3, -0.25) is 9.78 Å². The van der Waals surface area contributed by atoms with Gasteiger partial charge >= 0.3 is 6.18 Å². The van der Waals surface area contributed by atoms with Gasteiger partial charge in [0.25, 0.3) is 0 Å². The SMILES string of the molecule is C=CCCOc1cc(OCCOOC(=C)CO)cc(-c2ccc(OOc3ccc(CCCCC(F)(F)F)cc3)cc2)c1. The van der Waals surface area contributed by atoms with Crippen LogP contribution >= 0.6 is 0 Å². The lowest BCUT2D eigenvalue weighted by atomic mass is 10.0. The Hall–Kier alpha value is -4.15. The maximum absolute atomic E-state index is 12.3. The van der Waals surface area contributed by atoms with Gasteiger partial charge in [-0.1, -0.05) is 36.9 Å². The molecule has 3 aromatic carbocycles. The van der Waals surface area contributed by atoms with Gasteiger partial charge in [0.15, 0.2) is 17.3 Å². The van der Waals surface area contributed by atoms with Crippen molar-refractivity contribution in [3.63, 3.8) is 0 Å². The maximum Gasteiger partial charge on any atom is 0.389 e. The minimum absolute atomic E-state index is 0.0991. The average molecular weight is 589 g/mol. The summed E-state index contributed by atoms with van der Waals surface area (Å²) >= 11 is 0. The molecular weight excluding hydrogens is 553 g/mol. The minimum atomic E-state index is -4.11. The number of aliphatic hydroxyl groups is 1. The van der Waals surface area contributed by atoms with Crippen LogP contribution in [0.15, 0.2) is 91.7 Å². The highest BCUT2D eigenvalue weighted by Crippen LogP contribution is 2.31. The number of alkyl halides is 3. The van der Waals surface area contributed by atoms with Crippen molar-refractivity contribution in [3.05, 3.63) is 97.3 Å². The van der Waals surface area contributed by atoms with Crippen LogP contribution in [-0.4, -0.2) is 37.7 Å². The average Bonchev–Trinajstić information content (AvgIpc) is 2.98. The molecule has 42 heavy (non-hydrogen) atoms. The topological polar surface area (TPSA) is 75.6 Å². The number of aliphatic hydroxyl groups excluding tert-OH is 1. The van der Waals surface area contributed by atoms with Gasteiger partial charge in [0.1, 0.15) is 31.3 Å². The molecule has 0 amide bonds. The molecule has 7 nitrogen and oxygen atoms in total. The van der Waals surface area contributed by atoms with Crippen LogP contribution in [0.2, 0.25) is 0 Å². The Morgan fingerprint density at radius 2 is 1.38 bits per heavy atom. The number of unbranched alkanes of at least 4 members (excludes halogenated alkanes) is 1. The highest BCUT2D eigenvalue weighted by atomic mass is 19.4. The number of rotatable bonds is 19. The first-order valence-corrected chi connectivity index (χ1v) is 13.5. The summed E-state index contributed by atoms with van der Waals surface area (Å²) in [4.78, 5) is 20.6. The van der Waals surface area contributed by atoms with E-state index in [4.69, 9.17) is 34.1 Å². The maximum atomic E-state index is 12.3. The van der Waals surface area contributed by atoms with Gasteiger partial charge in [-0.05, 0) is 78.8 Å². The van der Waals surface area contributed by atoms with Crippen LogP contribution in [0.3, 0.4) is 0 Å². The lowest BCUT2D eigenvalue weighted by Gasteiger charge is -2.13. The summed E-state index contributed by atoms with van der Waals surface area (Å²) in [6, 6.07) is 19.8. The fourth-order valence-electron chi connectivity index (χ4n) is 3.68. The fraction of sp³-hybridized carbons (Fsp3) is 0.312. The molecule has 0 heterocycles. The molecule has 0 saturated heterocycles. The highest BCUT2D eigenvalue weighted by Gasteiger charge is 2.25. The van der Waals surface area contributed by atoms with E-state index >= 15 is 0 Å². The second-order valence-corrected chi connectivity index (χ2v) is 9.23. The number of hydrogen-bond acceptors (Lipinski definition) is 7. The second-order valence-electron chi connectivity index (χ2n) is 9.23. The van der Waals surface area contributed by atoms with E-state index in [-0.39, 0.29) is 32.0 Å². The molecule has 1 N–H and O–H groups in total. The van der Waals surface area contributed by atoms with Gasteiger partial charge in [-0.15, -0.1) is 6.58 Å². The zero-order valence-electron chi connectivity index (χ0n) is 23.2. The summed E-state index contributed by atoms with van der Waals surface area (Å²) in [6.07, 6.45) is -1.28. The molecule has 0 saturated carbocycles. The zero-order chi connectivity index (χ0) is 30.2. The Balaban J connectivity index is 1.55. The van der Waals surface area contributed by atoms with E-state index < -0.39 is 12.6 Å². The van der Waals surface area contributed by atoms with E-state index in [0.717, 1.165) is 16.7 Å². The van der Waals surface area contributed by atoms with Gasteiger partial charge in [0.2, 0.25) is 0 Å². The summed E-state index contributed by atoms with van der Waals surface area (Å²) in [5, 5.41) is 8.89. The standard InChI is InChI=1S/C32H35F3O7/c1-3-4-17-37-30-20-27(21-31(22-30)38-18-19-39-40-24(2)23-36)26-10-14-29(15-11-26)42-41-28-12-8-25(9-13-28)7-5-6-16-32(33,34)35/h3,8-15,20-22,36H,1-2,4-7,16-19,23H2. The van der Waals surface area contributed by atoms with Crippen molar-refractivity contribution in [2.24, 2.45) is 0 Å². The largest absolute Gasteiger partial charge is 0.493 e. The van der Waals surface area contributed by atoms with Crippen LogP contribution in [0.1, 0.15) is 31.2 Å². The summed E-state index contributed by atoms with van der Waals surface area (Å²) in [7, 11) is 0. The molecule has 0 aliphatic carbocycles. The van der Waals surface area contributed by atoms with E-state index in [1.807, 2.05) is 36.4 Å². The van der Waals surface area contributed by atoms with E-state index in [1.165, 1.54) is 0 Å². The van der Waals surface area contributed by atoms with Crippen LogP contribution in [0.5, 0.6) is 23.0 Å². The molecule has 0 atom stereocenters. The van der Waals surface area contributed by atoms with Crippen molar-refractivity contribution in [3.8, 4) is 34.1 Å². The Bertz CT molecular complexity index is 1240. The summed E-state index contributed by atoms with van der Waals surface area (Å²) in [5.74, 6) is 2.24. The third-order valence-electron chi connectivity index (χ3n) is 5.78. The fourth-order valence-corrected chi connectivity index (χ4v) is 3.68. The van der Waals surface area contributed by atoms with Crippen molar-refractivity contribution in [1.82, 2.24) is 0 Å². The van der Waals surface area contributed by atoms with Crippen molar-refractivity contribution in [2.45, 2.75) is 38.3 Å². The van der Waals surface area contributed by atoms with Gasteiger partial charge in [-0.25, -0.2) is 0 Å². The number of ether oxygens (including phenoxy) is 2. The first-order valence-electron chi connectivity index (χ1n) is 13.5. The summed E-state index contributed by atoms with van der Waals surface area (Å²) < 4.78 is 48.5. The molecule has 0 unspecified atom stereocenters. The molecule has 226 valence electrons. The Labute approximate surface area is 243 Å². The molecule has 0 fully saturated rings. The van der Waals surface area contributed by atoms with Crippen molar-refractivity contribution in [1.29, 1.82) is 0 Å². The zero-order valence-corrected chi connectivity index (χ0v) is 23.2. The van der Waals surface area contributed by atoms with Crippen LogP contribution in [0.25, 0.3) is 11.1 Å². The molecule has 10 heteroatoms. The number of aryl methyl sites for hydroxylation is 1. The monoisotopic (exact) mass is 588 g/mol. The highest BCUT2D eigenvalue weighted by molar-refractivity contribution is 5.68. The Morgan fingerprint density at radius 1 is 0.762 bits per heavy atom. The summed E-state index contributed by atoms with van der Waals surface area (Å²) in [6.45, 7) is 7.62. The molecule has 3 rings (SSSR count). The molecule has 0 radical (unpaired) electrons. The molecule has 0 bridgehead atoms. The van der Waals surface area contributed by atoms with Crippen LogP contribution in [-0.2, 0) is 16.2 Å². The molecule has 3 aromatic rings. The third-order valence-corrected chi connectivity index (χ3v) is 5.78. The molecule has 0 spiro atoms. The Kier molecular flexibility index (Phi) is 13.1. The second kappa shape index (κ2) is 17.0. The number of halogens is 3. The Morgan fingerprint density at radius 3 is 1.98 bits per heavy atom. The quantitative estimate of drug-likeness (QED) is 0.0504.